The molecule has 6 unspecified atom stereocenters. The van der Waals surface area contributed by atoms with Gasteiger partial charge in [0, 0.05) is 33.4 Å². The van der Waals surface area contributed by atoms with Crippen LogP contribution in [-0.2, 0) is 0 Å². The predicted octanol–water partition coefficient (Wildman–Crippen LogP) is 4.38. The van der Waals surface area contributed by atoms with Crippen molar-refractivity contribution in [2.45, 2.75) is 53.6 Å². The predicted molar refractivity (Wildman–Crippen MR) is 222 cm³/mol. The molecule has 14 nitrogen and oxygen atoms in total. The Bertz CT molecular complexity index is 1070. The van der Waals surface area contributed by atoms with E-state index in [2.05, 4.69) is 190 Å². The summed E-state index contributed by atoms with van der Waals surface area (Å²) in [6, 6.07) is 1.06. The molecule has 3 heterocycles. The molecule has 3 rings (SSSR count). The van der Waals surface area contributed by atoms with Crippen molar-refractivity contribution in [2.24, 2.45) is 13.5 Å². The van der Waals surface area contributed by atoms with Crippen LogP contribution in [-0.4, -0.2) is 248 Å². The highest BCUT2D eigenvalue weighted by molar-refractivity contribution is 7.81. The molecule has 3 saturated heterocycles. The molecule has 0 aromatic carbocycles. The lowest BCUT2D eigenvalue weighted by atomic mass is 10.1. The Morgan fingerprint density at radius 3 is 0.740 bits per heavy atom. The molecular weight excluding hydrogens is 706 g/mol. The summed E-state index contributed by atoms with van der Waals surface area (Å²) in [7, 11) is 39.6. The van der Waals surface area contributed by atoms with Crippen molar-refractivity contribution in [1.82, 2.24) is 48.8 Å². The van der Waals surface area contributed by atoms with Crippen LogP contribution in [0.3, 0.4) is 0 Å². The van der Waals surface area contributed by atoms with Gasteiger partial charge in [-0.25, -0.2) is 0 Å². The van der Waals surface area contributed by atoms with Crippen LogP contribution >= 0.6 is 31.0 Å². The van der Waals surface area contributed by atoms with Gasteiger partial charge in [0.15, 0.2) is 0 Å². The fourth-order valence-corrected chi connectivity index (χ4v) is 26.4. The van der Waals surface area contributed by atoms with E-state index in [9.17, 15) is 0 Å². The van der Waals surface area contributed by atoms with Crippen molar-refractivity contribution in [1.29, 1.82) is 0 Å². The van der Waals surface area contributed by atoms with Gasteiger partial charge in [-0.05, 0) is 127 Å². The van der Waals surface area contributed by atoms with Crippen molar-refractivity contribution in [3.8, 4) is 0 Å². The quantitative estimate of drug-likeness (QED) is 0.197. The van der Waals surface area contributed by atoms with Gasteiger partial charge in [-0.15, -0.1) is 4.67 Å². The summed E-state index contributed by atoms with van der Waals surface area (Å²) in [6.07, 6.45) is 6.55. The van der Waals surface area contributed by atoms with Crippen LogP contribution in [0.5, 0.6) is 0 Å². The van der Waals surface area contributed by atoms with E-state index in [0.717, 1.165) is 37.7 Å². The van der Waals surface area contributed by atoms with E-state index >= 15 is 0 Å². The summed E-state index contributed by atoms with van der Waals surface area (Å²) in [5.41, 5.74) is 0. The zero-order valence-corrected chi connectivity index (χ0v) is 39.1. The van der Waals surface area contributed by atoms with Gasteiger partial charge in [0.25, 0.3) is 39.4 Å². The zero-order chi connectivity index (χ0) is 37.6. The molecular formula is C32H76N13OP4+3. The van der Waals surface area contributed by atoms with E-state index in [1.54, 1.807) is 0 Å². The van der Waals surface area contributed by atoms with Crippen molar-refractivity contribution < 1.29 is 5.48 Å². The molecule has 6 atom stereocenters. The largest absolute Gasteiger partial charge is 0.870 e. The lowest BCUT2D eigenvalue weighted by molar-refractivity contribution is 0.0193. The highest BCUT2D eigenvalue weighted by Gasteiger charge is 2.73. The van der Waals surface area contributed by atoms with Crippen LogP contribution in [0.2, 0.25) is 0 Å². The molecule has 0 bridgehead atoms. The number of hydrogen-bond donors (Lipinski definition) is 0. The SMILES string of the molecule is CN(C)C1CC[P+](=N[P+](N=[P+]2CCC(N(C)C)C2(N(C)C)N(C)C)(N=[P+]2CCC(N(C)C)C2(N(C)C)N(C)C)N(C)C)C1(N(C)C)N(C)C.[OH-]. The summed E-state index contributed by atoms with van der Waals surface area (Å²) >= 11 is 0. The van der Waals surface area contributed by atoms with Gasteiger partial charge in [-0.3, -0.25) is 44.1 Å². The Morgan fingerprint density at radius 1 is 0.400 bits per heavy atom. The van der Waals surface area contributed by atoms with Gasteiger partial charge < -0.3 is 5.48 Å². The first-order valence-electron chi connectivity index (χ1n) is 17.7. The van der Waals surface area contributed by atoms with E-state index in [1.165, 1.54) is 0 Å². The first-order chi connectivity index (χ1) is 22.5. The van der Waals surface area contributed by atoms with Crippen LogP contribution in [0.25, 0.3) is 0 Å². The fraction of sp³-hybridized carbons (Fsp3) is 1.00. The maximum Gasteiger partial charge on any atom is 0.574 e. The second-order valence-corrected chi connectivity index (χ2v) is 26.0. The molecule has 3 aliphatic rings. The van der Waals surface area contributed by atoms with Crippen LogP contribution in [0.15, 0.2) is 13.5 Å². The molecule has 1 N–H and O–H groups in total. The van der Waals surface area contributed by atoms with E-state index < -0.39 is 31.0 Å². The van der Waals surface area contributed by atoms with Gasteiger partial charge in [-0.1, -0.05) is 0 Å². The number of hydrogen-bond acceptors (Lipinski definition) is 14. The third-order valence-electron chi connectivity index (χ3n) is 11.4. The van der Waals surface area contributed by atoms with Crippen molar-refractivity contribution in [3.63, 3.8) is 0 Å². The van der Waals surface area contributed by atoms with Crippen molar-refractivity contribution >= 4 is 31.0 Å². The molecule has 0 amide bonds. The van der Waals surface area contributed by atoms with Crippen LogP contribution in [0, 0.1) is 0 Å². The van der Waals surface area contributed by atoms with E-state index in [-0.39, 0.29) is 21.7 Å². The average molecular weight is 783 g/mol. The minimum atomic E-state index is -2.78. The molecule has 50 heavy (non-hydrogen) atoms. The molecule has 0 aliphatic carbocycles. The Morgan fingerprint density at radius 2 is 0.600 bits per heavy atom. The zero-order valence-electron chi connectivity index (χ0n) is 35.5. The summed E-state index contributed by atoms with van der Waals surface area (Å²) in [4.78, 5) is 22.1. The first kappa shape index (κ1) is 46.4. The van der Waals surface area contributed by atoms with Crippen molar-refractivity contribution in [2.75, 3.05) is 159 Å². The van der Waals surface area contributed by atoms with Gasteiger partial charge in [0.1, 0.15) is 32.0 Å². The average Bonchev–Trinajstić information content (AvgIpc) is 3.65. The van der Waals surface area contributed by atoms with E-state index in [1.807, 2.05) is 0 Å². The number of likely N-dealkylation sites (N-methyl/N-ethyl adjacent to an activating group) is 9. The fourth-order valence-electron chi connectivity index (χ4n) is 9.57. The summed E-state index contributed by atoms with van der Waals surface area (Å²) < 4.78 is 21.2. The third kappa shape index (κ3) is 7.46. The minimum absolute atomic E-state index is 0. The Labute approximate surface area is 311 Å². The highest BCUT2D eigenvalue weighted by Crippen LogP contribution is 2.79. The van der Waals surface area contributed by atoms with Crippen LogP contribution in [0.4, 0.5) is 0 Å². The van der Waals surface area contributed by atoms with E-state index in [4.69, 9.17) is 13.5 Å². The maximum absolute atomic E-state index is 6.26. The first-order valence-corrected chi connectivity index (χ1v) is 23.7. The minimum Gasteiger partial charge on any atom is -0.870 e. The monoisotopic (exact) mass is 783 g/mol. The van der Waals surface area contributed by atoms with E-state index in [0.29, 0.717) is 18.1 Å². The lowest BCUT2D eigenvalue weighted by Crippen LogP contribution is -2.61. The summed E-state index contributed by atoms with van der Waals surface area (Å²) in [6.45, 7) is 0. The van der Waals surface area contributed by atoms with Gasteiger partial charge in [0.05, 0.1) is 18.1 Å². The molecule has 0 radical (unpaired) electrons. The number of nitrogens with zero attached hydrogens (tertiary/aromatic N) is 13. The molecule has 3 aliphatic heterocycles. The summed E-state index contributed by atoms with van der Waals surface area (Å²) in [5, 5.41) is -0.679. The molecule has 18 heteroatoms. The molecule has 0 aromatic heterocycles. The van der Waals surface area contributed by atoms with Gasteiger partial charge in [0.2, 0.25) is 0 Å². The Balaban J connectivity index is 0.00000867. The number of rotatable bonds is 13. The molecule has 292 valence electrons. The molecule has 0 spiro atoms. The Kier molecular flexibility index (Phi) is 16.2. The normalized spacial score (nSPS) is 28.9. The molecule has 0 aromatic rings. The van der Waals surface area contributed by atoms with Crippen LogP contribution in [0.1, 0.15) is 19.3 Å². The van der Waals surface area contributed by atoms with Crippen LogP contribution < -0.4 is 0 Å². The summed E-state index contributed by atoms with van der Waals surface area (Å²) in [5.74, 6) is 0. The second-order valence-electron chi connectivity index (χ2n) is 16.3. The molecule has 0 saturated carbocycles. The topological polar surface area (TPSA) is 99.5 Å². The Hall–Kier alpha value is 0.290. The highest BCUT2D eigenvalue weighted by atomic mass is 31.2. The lowest BCUT2D eigenvalue weighted by Gasteiger charge is -2.42. The second kappa shape index (κ2) is 17.4. The van der Waals surface area contributed by atoms with Gasteiger partial charge >= 0.3 is 7.87 Å². The third-order valence-corrected chi connectivity index (χ3v) is 25.5. The van der Waals surface area contributed by atoms with Gasteiger partial charge in [-0.2, -0.15) is 0 Å². The standard InChI is InChI=1S/C32H75N13P4.H2O/c1-36(2)27-21-24-46(30(27,39(7)8)40(9)10)33-49(45(19)20,34-47-25-22-28(37(3)4)31(47,41(11)12)42(13)14)35-48-26-23-29(38(5)6)32(48,43(15)16)44(17)18;/h27-29H,21-26H2,1-20H3;1H2/q+4;/p-1. The maximum atomic E-state index is 6.26. The van der Waals surface area contributed by atoms with Crippen molar-refractivity contribution in [3.05, 3.63) is 0 Å². The molecule has 3 fully saturated rings. The smallest absolute Gasteiger partial charge is 0.574 e.